The molecule has 10 nitrogen and oxygen atoms in total. The molecule has 2 N–H and O–H groups in total. The molecule has 12 heteroatoms. The van der Waals surface area contributed by atoms with Crippen LogP contribution in [0.5, 0.6) is 0 Å². The number of aromatic nitrogens is 5. The summed E-state index contributed by atoms with van der Waals surface area (Å²) in [5, 5.41) is 22.4. The number of tetrazole rings is 1. The van der Waals surface area contributed by atoms with E-state index in [2.05, 4.69) is 31.1 Å². The van der Waals surface area contributed by atoms with Crippen molar-refractivity contribution in [1.29, 1.82) is 0 Å². The Bertz CT molecular complexity index is 1500. The van der Waals surface area contributed by atoms with E-state index in [-0.39, 0.29) is 24.2 Å². The second-order valence-electron chi connectivity index (χ2n) is 10.7. The van der Waals surface area contributed by atoms with Gasteiger partial charge in [-0.15, -0.1) is 5.10 Å². The summed E-state index contributed by atoms with van der Waals surface area (Å²) in [5.41, 5.74) is 3.75. The number of hydrogen-bond donors (Lipinski definition) is 2. The van der Waals surface area contributed by atoms with Crippen LogP contribution in [0.4, 0.5) is 10.5 Å². The fourth-order valence-corrected chi connectivity index (χ4v) is 6.63. The van der Waals surface area contributed by atoms with E-state index in [1.54, 1.807) is 12.1 Å². The molecule has 2 saturated heterocycles. The molecule has 2 aromatic carbocycles. The quantitative estimate of drug-likeness (QED) is 0.258. The van der Waals surface area contributed by atoms with Crippen LogP contribution < -0.4 is 5.32 Å². The van der Waals surface area contributed by atoms with E-state index in [0.717, 1.165) is 55.4 Å². The Hall–Kier alpha value is -3.47. The number of nitrogens with zero attached hydrogens (tertiary/aromatic N) is 5. The molecule has 1 saturated carbocycles. The molecular weight excluding hydrogens is 553 g/mol. The number of carbonyl (C=O) groups excluding carboxylic acids is 1. The van der Waals surface area contributed by atoms with Gasteiger partial charge in [0.15, 0.2) is 5.82 Å². The van der Waals surface area contributed by atoms with Crippen molar-refractivity contribution < 1.29 is 14.1 Å². The van der Waals surface area contributed by atoms with Crippen LogP contribution in [0.2, 0.25) is 10.0 Å². The van der Waals surface area contributed by atoms with E-state index >= 15 is 0 Å². The Kier molecular flexibility index (Phi) is 6.69. The molecule has 2 aliphatic heterocycles. The Morgan fingerprint density at radius 1 is 1.07 bits per heavy atom. The summed E-state index contributed by atoms with van der Waals surface area (Å²) >= 11 is 13.0. The maximum atomic E-state index is 13.3. The van der Waals surface area contributed by atoms with E-state index in [9.17, 15) is 4.79 Å². The number of anilines is 1. The molecule has 0 radical (unpaired) electrons. The van der Waals surface area contributed by atoms with Gasteiger partial charge in [-0.1, -0.05) is 46.6 Å². The summed E-state index contributed by atoms with van der Waals surface area (Å²) < 4.78 is 12.3. The highest BCUT2D eigenvalue weighted by Crippen LogP contribution is 2.46. The first kappa shape index (κ1) is 25.5. The van der Waals surface area contributed by atoms with Crippen LogP contribution in [0.1, 0.15) is 55.8 Å². The van der Waals surface area contributed by atoms with Crippen LogP contribution in [0.3, 0.4) is 0 Å². The molecule has 1 aliphatic carbocycles. The average Bonchev–Trinajstić information content (AvgIpc) is 3.35. The first-order valence-corrected chi connectivity index (χ1v) is 14.3. The number of aromatic amines is 1. The minimum atomic E-state index is -0.0931. The Morgan fingerprint density at radius 2 is 1.82 bits per heavy atom. The fourth-order valence-electron chi connectivity index (χ4n) is 6.06. The van der Waals surface area contributed by atoms with E-state index in [1.165, 1.54) is 0 Å². The maximum absolute atomic E-state index is 13.3. The second-order valence-corrected chi connectivity index (χ2v) is 11.5. The minimum absolute atomic E-state index is 0.0281. The number of carbonyl (C=O) groups is 1. The monoisotopic (exact) mass is 579 g/mol. The van der Waals surface area contributed by atoms with Crippen LogP contribution in [0.25, 0.3) is 22.6 Å². The van der Waals surface area contributed by atoms with Crippen LogP contribution in [0.15, 0.2) is 47.0 Å². The van der Waals surface area contributed by atoms with E-state index < -0.39 is 0 Å². The second kappa shape index (κ2) is 10.5. The highest BCUT2D eigenvalue weighted by atomic mass is 35.5. The predicted octanol–water partition coefficient (Wildman–Crippen LogP) is 6.45. The van der Waals surface area contributed by atoms with Gasteiger partial charge < -0.3 is 19.5 Å². The third-order valence-corrected chi connectivity index (χ3v) is 8.72. The number of piperidine rings is 1. The molecule has 4 aromatic rings. The molecule has 40 heavy (non-hydrogen) atoms. The summed E-state index contributed by atoms with van der Waals surface area (Å²) in [7, 11) is 0. The molecule has 3 aliphatic rings. The van der Waals surface area contributed by atoms with Gasteiger partial charge in [-0.25, -0.2) is 9.89 Å². The number of ether oxygens (including phenoxy) is 1. The Labute approximate surface area is 240 Å². The number of hydrogen-bond acceptors (Lipinski definition) is 7. The van der Waals surface area contributed by atoms with Gasteiger partial charge in [-0.3, -0.25) is 0 Å². The normalized spacial score (nSPS) is 22.1. The van der Waals surface area contributed by atoms with Crippen molar-refractivity contribution in [2.24, 2.45) is 0 Å². The molecule has 2 aromatic heterocycles. The van der Waals surface area contributed by atoms with Gasteiger partial charge in [0.05, 0.1) is 22.8 Å². The van der Waals surface area contributed by atoms with Gasteiger partial charge in [0.1, 0.15) is 11.5 Å². The number of rotatable bonds is 7. The Morgan fingerprint density at radius 3 is 2.52 bits per heavy atom. The minimum Gasteiger partial charge on any atom is -0.373 e. The summed E-state index contributed by atoms with van der Waals surface area (Å²) in [5.74, 6) is 1.78. The fraction of sp³-hybridized carbons (Fsp3) is 0.393. The molecule has 0 spiro atoms. The molecule has 206 valence electrons. The number of fused-ring (bicyclic) bond motifs is 2. The zero-order chi connectivity index (χ0) is 27.2. The highest BCUT2D eigenvalue weighted by molar-refractivity contribution is 6.39. The third kappa shape index (κ3) is 4.84. The first-order valence-electron chi connectivity index (χ1n) is 13.5. The zero-order valence-electron chi connectivity index (χ0n) is 21.5. The van der Waals surface area contributed by atoms with Gasteiger partial charge in [0.25, 0.3) is 0 Å². The van der Waals surface area contributed by atoms with Gasteiger partial charge >= 0.3 is 6.03 Å². The van der Waals surface area contributed by atoms with E-state index in [0.29, 0.717) is 45.3 Å². The van der Waals surface area contributed by atoms with Crippen molar-refractivity contribution in [2.45, 2.75) is 69.2 Å². The Balaban J connectivity index is 1.03. The lowest BCUT2D eigenvalue weighted by Crippen LogP contribution is -2.50. The average molecular weight is 580 g/mol. The predicted molar refractivity (Wildman–Crippen MR) is 149 cm³/mol. The van der Waals surface area contributed by atoms with Crippen molar-refractivity contribution in [3.05, 3.63) is 63.8 Å². The number of nitrogens with one attached hydrogen (secondary N) is 2. The zero-order valence-corrected chi connectivity index (χ0v) is 23.0. The molecular formula is C28H27Cl2N7O3. The molecule has 2 unspecified atom stereocenters. The standard InChI is InChI=1S/C28H27Cl2N7O3/c29-22-5-2-6-23(30)24(22)25-21(26(40-34-25)15-7-8-15)14-39-20-12-18-9-10-19(13-20)37(18)28(38)31-17-4-1-3-16(11-17)27-32-35-36-33-27/h1-6,11,15,18-20H,7-10,12-14H2,(H,31,38)(H,32,33,35,36)/t18-,19?,20?/m0/s1. The highest BCUT2D eigenvalue weighted by Gasteiger charge is 2.44. The van der Waals surface area contributed by atoms with Gasteiger partial charge in [-0.05, 0) is 73.2 Å². The number of amides is 2. The largest absolute Gasteiger partial charge is 0.373 e. The molecule has 2 amide bonds. The summed E-state index contributed by atoms with van der Waals surface area (Å²) in [6.45, 7) is 0.367. The van der Waals surface area contributed by atoms with E-state index in [4.69, 9.17) is 32.5 Å². The molecule has 2 bridgehead atoms. The third-order valence-electron chi connectivity index (χ3n) is 8.09. The molecule has 3 atom stereocenters. The lowest BCUT2D eigenvalue weighted by molar-refractivity contribution is -0.0158. The van der Waals surface area contributed by atoms with Crippen molar-refractivity contribution in [3.8, 4) is 22.6 Å². The summed E-state index contributed by atoms with van der Waals surface area (Å²) in [6.07, 6.45) is 5.66. The van der Waals surface area contributed by atoms with Crippen LogP contribution in [-0.2, 0) is 11.3 Å². The lowest BCUT2D eigenvalue weighted by atomic mass is 9.99. The van der Waals surface area contributed by atoms with Crippen molar-refractivity contribution in [2.75, 3.05) is 5.32 Å². The maximum Gasteiger partial charge on any atom is 0.322 e. The first-order chi connectivity index (χ1) is 19.5. The van der Waals surface area contributed by atoms with Crippen LogP contribution in [-0.4, -0.2) is 54.9 Å². The number of benzene rings is 2. The summed E-state index contributed by atoms with van der Waals surface area (Å²) in [6, 6.07) is 13.0. The van der Waals surface area contributed by atoms with Crippen molar-refractivity contribution >= 4 is 34.9 Å². The van der Waals surface area contributed by atoms with Gasteiger partial charge in [0.2, 0.25) is 0 Å². The number of H-pyrrole nitrogens is 1. The van der Waals surface area contributed by atoms with Crippen LogP contribution in [0, 0.1) is 0 Å². The van der Waals surface area contributed by atoms with Crippen molar-refractivity contribution in [1.82, 2.24) is 30.7 Å². The molecule has 3 fully saturated rings. The molecule has 4 heterocycles. The van der Waals surface area contributed by atoms with Gasteiger partial charge in [0, 0.05) is 40.4 Å². The lowest BCUT2D eigenvalue weighted by Gasteiger charge is -2.38. The molecule has 7 rings (SSSR count). The van der Waals surface area contributed by atoms with Gasteiger partial charge in [-0.2, -0.15) is 0 Å². The smallest absolute Gasteiger partial charge is 0.322 e. The number of halogens is 2. The van der Waals surface area contributed by atoms with Crippen molar-refractivity contribution in [3.63, 3.8) is 0 Å². The SMILES string of the molecule is O=C(Nc1cccc(-c2nnn[nH]2)c1)N1C2CC[C@H]1CC(OCc1c(-c3c(Cl)cccc3Cl)noc1C1CC1)C2. The van der Waals surface area contributed by atoms with Crippen LogP contribution >= 0.6 is 23.2 Å². The summed E-state index contributed by atoms with van der Waals surface area (Å²) in [4.78, 5) is 15.3. The number of urea groups is 1. The topological polar surface area (TPSA) is 122 Å². The van der Waals surface area contributed by atoms with E-state index in [1.807, 2.05) is 35.2 Å².